The number of carbonyl (C=O) groups is 1. The molecule has 0 bridgehead atoms. The largest absolute Gasteiger partial charge is 0.388 e. The van der Waals surface area contributed by atoms with Crippen molar-refractivity contribution in [2.24, 2.45) is 0 Å². The van der Waals surface area contributed by atoms with Crippen LogP contribution in [0.25, 0.3) is 0 Å². The summed E-state index contributed by atoms with van der Waals surface area (Å²) < 4.78 is 5.28. The summed E-state index contributed by atoms with van der Waals surface area (Å²) in [4.78, 5) is 19.6. The van der Waals surface area contributed by atoms with E-state index in [0.29, 0.717) is 12.2 Å². The van der Waals surface area contributed by atoms with Crippen molar-refractivity contribution in [3.05, 3.63) is 42.0 Å². The van der Waals surface area contributed by atoms with Gasteiger partial charge >= 0.3 is 0 Å². The standard InChI is InChI=1S/C23H35N3O3/c1-3-10-24-12-14-26(15-13-24)23(28)19-8-9-21-20(18-19)22(27)7-5-4-6-11-25(21)16-17-29-2/h3,8-9,18,22,27H,1,4-7,10-17H2,2H3. The highest BCUT2D eigenvalue weighted by atomic mass is 16.5. The van der Waals surface area contributed by atoms with Gasteiger partial charge in [0.15, 0.2) is 0 Å². The van der Waals surface area contributed by atoms with Gasteiger partial charge in [0.05, 0.1) is 12.7 Å². The maximum atomic E-state index is 13.1. The molecule has 3 rings (SSSR count). The van der Waals surface area contributed by atoms with E-state index in [1.165, 1.54) is 0 Å². The second kappa shape index (κ2) is 10.8. The van der Waals surface area contributed by atoms with Crippen LogP contribution in [0, 0.1) is 0 Å². The first-order valence-corrected chi connectivity index (χ1v) is 10.8. The Hall–Kier alpha value is -1.89. The summed E-state index contributed by atoms with van der Waals surface area (Å²) in [6.45, 7) is 10.2. The van der Waals surface area contributed by atoms with Crippen LogP contribution in [0.5, 0.6) is 0 Å². The van der Waals surface area contributed by atoms with Gasteiger partial charge in [-0.25, -0.2) is 0 Å². The van der Waals surface area contributed by atoms with Crippen molar-refractivity contribution in [3.8, 4) is 0 Å². The van der Waals surface area contributed by atoms with E-state index in [9.17, 15) is 9.90 Å². The highest BCUT2D eigenvalue weighted by molar-refractivity contribution is 5.95. The minimum atomic E-state index is -0.537. The van der Waals surface area contributed by atoms with Gasteiger partial charge in [-0.15, -0.1) is 6.58 Å². The van der Waals surface area contributed by atoms with E-state index in [1.54, 1.807) is 7.11 Å². The molecule has 0 aliphatic carbocycles. The molecule has 1 N–H and O–H groups in total. The van der Waals surface area contributed by atoms with Gasteiger partial charge in [-0.3, -0.25) is 9.69 Å². The Bertz CT molecular complexity index is 686. The molecule has 0 saturated carbocycles. The van der Waals surface area contributed by atoms with Crippen molar-refractivity contribution in [2.45, 2.75) is 31.8 Å². The fourth-order valence-electron chi connectivity index (χ4n) is 4.27. The number of piperazine rings is 1. The molecule has 1 fully saturated rings. The molecule has 1 unspecified atom stereocenters. The van der Waals surface area contributed by atoms with Crippen LogP contribution in [-0.4, -0.2) is 80.3 Å². The number of hydrogen-bond donors (Lipinski definition) is 1. The van der Waals surface area contributed by atoms with Gasteiger partial charge in [0.25, 0.3) is 5.91 Å². The molecule has 6 nitrogen and oxygen atoms in total. The van der Waals surface area contributed by atoms with Crippen LogP contribution in [-0.2, 0) is 4.74 Å². The van der Waals surface area contributed by atoms with Crippen LogP contribution in [0.15, 0.2) is 30.9 Å². The zero-order valence-electron chi connectivity index (χ0n) is 17.7. The molecule has 1 atom stereocenters. The lowest BCUT2D eigenvalue weighted by atomic mass is 9.98. The second-order valence-electron chi connectivity index (χ2n) is 8.00. The van der Waals surface area contributed by atoms with Gasteiger partial charge in [-0.1, -0.05) is 18.9 Å². The van der Waals surface area contributed by atoms with Gasteiger partial charge in [0.2, 0.25) is 0 Å². The number of aliphatic hydroxyl groups excluding tert-OH is 1. The van der Waals surface area contributed by atoms with Crippen molar-refractivity contribution >= 4 is 11.6 Å². The maximum absolute atomic E-state index is 13.1. The number of carbonyl (C=O) groups excluding carboxylic acids is 1. The predicted octanol–water partition coefficient (Wildman–Crippen LogP) is 2.69. The highest BCUT2D eigenvalue weighted by Crippen LogP contribution is 2.33. The van der Waals surface area contributed by atoms with Crippen molar-refractivity contribution in [3.63, 3.8) is 0 Å². The van der Waals surface area contributed by atoms with E-state index in [2.05, 4.69) is 16.4 Å². The number of methoxy groups -OCH3 is 1. The van der Waals surface area contributed by atoms with E-state index < -0.39 is 6.10 Å². The molecule has 2 aliphatic heterocycles. The average molecular weight is 402 g/mol. The number of benzene rings is 1. The second-order valence-corrected chi connectivity index (χ2v) is 8.00. The molecule has 2 heterocycles. The van der Waals surface area contributed by atoms with Crippen LogP contribution in [0.4, 0.5) is 5.69 Å². The van der Waals surface area contributed by atoms with E-state index >= 15 is 0 Å². The molecular weight excluding hydrogens is 366 g/mol. The van der Waals surface area contributed by atoms with Crippen LogP contribution < -0.4 is 4.90 Å². The minimum Gasteiger partial charge on any atom is -0.388 e. The summed E-state index contributed by atoms with van der Waals surface area (Å²) in [5, 5.41) is 10.8. The molecule has 0 aromatic heterocycles. The minimum absolute atomic E-state index is 0.0570. The van der Waals surface area contributed by atoms with Crippen molar-refractivity contribution < 1.29 is 14.6 Å². The van der Waals surface area contributed by atoms with Gasteiger partial charge < -0.3 is 19.6 Å². The molecule has 1 saturated heterocycles. The number of aliphatic hydroxyl groups is 1. The Labute approximate surface area is 174 Å². The summed E-state index contributed by atoms with van der Waals surface area (Å²) >= 11 is 0. The number of fused-ring (bicyclic) bond motifs is 1. The molecule has 1 amide bonds. The lowest BCUT2D eigenvalue weighted by molar-refractivity contribution is 0.0650. The predicted molar refractivity (Wildman–Crippen MR) is 116 cm³/mol. The van der Waals surface area contributed by atoms with Crippen LogP contribution in [0.3, 0.4) is 0 Å². The molecule has 2 aliphatic rings. The third kappa shape index (κ3) is 5.59. The smallest absolute Gasteiger partial charge is 0.253 e. The number of amides is 1. The zero-order valence-corrected chi connectivity index (χ0v) is 17.7. The first-order chi connectivity index (χ1) is 14.1. The van der Waals surface area contributed by atoms with E-state index in [1.807, 2.05) is 29.2 Å². The molecule has 29 heavy (non-hydrogen) atoms. The SMILES string of the molecule is C=CCN1CCN(C(=O)c2ccc3c(c2)C(O)CCCCCN3CCOC)CC1. The number of nitrogens with zero attached hydrogens (tertiary/aromatic N) is 3. The fourth-order valence-corrected chi connectivity index (χ4v) is 4.27. The van der Waals surface area contributed by atoms with Crippen molar-refractivity contribution in [1.29, 1.82) is 0 Å². The average Bonchev–Trinajstić information content (AvgIpc) is 2.82. The van der Waals surface area contributed by atoms with Crippen LogP contribution >= 0.6 is 0 Å². The molecule has 0 radical (unpaired) electrons. The summed E-state index contributed by atoms with van der Waals surface area (Å²) in [5.41, 5.74) is 2.58. The number of ether oxygens (including phenoxy) is 1. The van der Waals surface area contributed by atoms with Crippen LogP contribution in [0.1, 0.15) is 47.7 Å². The number of rotatable bonds is 6. The summed E-state index contributed by atoms with van der Waals surface area (Å²) in [6, 6.07) is 5.85. The Morgan fingerprint density at radius 2 is 2.00 bits per heavy atom. The molecule has 160 valence electrons. The maximum Gasteiger partial charge on any atom is 0.253 e. The lowest BCUT2D eigenvalue weighted by Gasteiger charge is -2.34. The molecule has 1 aromatic carbocycles. The normalized spacial score (nSPS) is 21.1. The topological polar surface area (TPSA) is 56.2 Å². The quantitative estimate of drug-likeness (QED) is 0.743. The Balaban J connectivity index is 1.80. The van der Waals surface area contributed by atoms with Gasteiger partial charge in [0, 0.05) is 69.7 Å². The van der Waals surface area contributed by atoms with E-state index in [-0.39, 0.29) is 5.91 Å². The molecular formula is C23H35N3O3. The van der Waals surface area contributed by atoms with Crippen molar-refractivity contribution in [1.82, 2.24) is 9.80 Å². The Morgan fingerprint density at radius 1 is 1.21 bits per heavy atom. The highest BCUT2D eigenvalue weighted by Gasteiger charge is 2.25. The third-order valence-corrected chi connectivity index (χ3v) is 5.99. The van der Waals surface area contributed by atoms with Gasteiger partial charge in [-0.05, 0) is 31.0 Å². The Morgan fingerprint density at radius 3 is 2.72 bits per heavy atom. The number of anilines is 1. The summed E-state index contributed by atoms with van der Waals surface area (Å²) in [7, 11) is 1.71. The van der Waals surface area contributed by atoms with Gasteiger partial charge in [-0.2, -0.15) is 0 Å². The Kier molecular flexibility index (Phi) is 8.09. The van der Waals surface area contributed by atoms with Crippen LogP contribution in [0.2, 0.25) is 0 Å². The van der Waals surface area contributed by atoms with Gasteiger partial charge in [0.1, 0.15) is 0 Å². The summed E-state index contributed by atoms with van der Waals surface area (Å²) in [6.07, 6.45) is 5.32. The third-order valence-electron chi connectivity index (χ3n) is 5.99. The number of hydrogen-bond acceptors (Lipinski definition) is 5. The first-order valence-electron chi connectivity index (χ1n) is 10.8. The zero-order chi connectivity index (χ0) is 20.6. The molecule has 1 aromatic rings. The van der Waals surface area contributed by atoms with E-state index in [4.69, 9.17) is 4.74 Å². The summed E-state index contributed by atoms with van der Waals surface area (Å²) in [5.74, 6) is 0.0570. The molecule has 0 spiro atoms. The van der Waals surface area contributed by atoms with E-state index in [0.717, 1.165) is 82.7 Å². The lowest BCUT2D eigenvalue weighted by Crippen LogP contribution is -2.48. The fraction of sp³-hybridized carbons (Fsp3) is 0.609. The molecule has 6 heteroatoms. The first kappa shape index (κ1) is 21.8. The monoisotopic (exact) mass is 401 g/mol. The van der Waals surface area contributed by atoms with Crippen molar-refractivity contribution in [2.75, 3.05) is 64.4 Å².